The number of aromatic hydroxyl groups is 10. The third-order valence-corrected chi connectivity index (χ3v) is 12.0. The van der Waals surface area contributed by atoms with Gasteiger partial charge in [0.25, 0.3) is 0 Å². The lowest BCUT2D eigenvalue weighted by Crippen LogP contribution is -2.33. The Morgan fingerprint density at radius 1 is 0.455 bits per heavy atom. The van der Waals surface area contributed by atoms with Gasteiger partial charge in [0.2, 0.25) is 34.5 Å². The van der Waals surface area contributed by atoms with Crippen LogP contribution >= 0.6 is 0 Å². The summed E-state index contributed by atoms with van der Waals surface area (Å²) in [5.41, 5.74) is 4.49. The third-order valence-electron chi connectivity index (χ3n) is 12.0. The van der Waals surface area contributed by atoms with Gasteiger partial charge in [0.05, 0.1) is 27.7 Å². The fourth-order valence-electron chi connectivity index (χ4n) is 8.75. The van der Waals surface area contributed by atoms with Gasteiger partial charge >= 0.3 is 0 Å². The minimum absolute atomic E-state index is 0.127. The number of amidine groups is 2. The lowest BCUT2D eigenvalue weighted by Gasteiger charge is -2.23. The minimum Gasteiger partial charge on any atom is -0.504 e. The van der Waals surface area contributed by atoms with Crippen LogP contribution in [-0.2, 0) is 0 Å². The molecule has 15 nitrogen and oxygen atoms in total. The van der Waals surface area contributed by atoms with E-state index in [-0.39, 0.29) is 22.3 Å². The topological polar surface area (TPSA) is 257 Å². The summed E-state index contributed by atoms with van der Waals surface area (Å²) >= 11 is 0. The lowest BCUT2D eigenvalue weighted by atomic mass is 9.98. The van der Waals surface area contributed by atoms with Crippen molar-refractivity contribution in [2.75, 3.05) is 0 Å². The maximum atomic E-state index is 10.9. The highest BCUT2D eigenvalue weighted by Gasteiger charge is 2.28. The quantitative estimate of drug-likeness (QED) is 0.0551. The number of hydrogen-bond donors (Lipinski definition) is 11. The zero-order valence-electron chi connectivity index (χ0n) is 34.0. The van der Waals surface area contributed by atoms with E-state index in [1.54, 1.807) is 41.0 Å². The van der Waals surface area contributed by atoms with Crippen LogP contribution < -0.4 is 5.32 Å². The van der Waals surface area contributed by atoms with E-state index in [0.29, 0.717) is 61.3 Å². The van der Waals surface area contributed by atoms with Gasteiger partial charge in [0.1, 0.15) is 23.2 Å². The van der Waals surface area contributed by atoms with E-state index in [1.165, 1.54) is 12.1 Å². The molecule has 0 fully saturated rings. The van der Waals surface area contributed by atoms with Crippen LogP contribution in [0.25, 0.3) is 71.7 Å². The smallest absolute Gasteiger partial charge is 0.208 e. The summed E-state index contributed by atoms with van der Waals surface area (Å²) in [4.78, 5) is 10.1. The molecule has 0 radical (unpaired) electrons. The molecule has 11 rings (SSSR count). The number of aromatic nitrogens is 1. The normalized spacial score (nSPS) is 13.9. The van der Waals surface area contributed by atoms with Crippen molar-refractivity contribution < 1.29 is 55.5 Å². The molecule has 1 unspecified atom stereocenters. The maximum absolute atomic E-state index is 10.9. The fraction of sp³-hybridized carbons (Fsp3) is 0.0196. The molecule has 324 valence electrons. The Hall–Kier alpha value is -9.50. The zero-order chi connectivity index (χ0) is 45.7. The van der Waals surface area contributed by atoms with Crippen molar-refractivity contribution in [1.82, 2.24) is 9.88 Å². The number of phenols is 10. The first kappa shape index (κ1) is 39.4. The van der Waals surface area contributed by atoms with Gasteiger partial charge < -0.3 is 65.4 Å². The first-order valence-electron chi connectivity index (χ1n) is 20.4. The molecule has 0 bridgehead atoms. The second-order valence-corrected chi connectivity index (χ2v) is 15.7. The van der Waals surface area contributed by atoms with Gasteiger partial charge in [0, 0.05) is 32.8 Å². The highest BCUT2D eigenvalue weighted by molar-refractivity contribution is 6.20. The number of nitrogens with one attached hydrogen (secondary N) is 1. The SMILES string of the molecule is Oc1c(O)c(O)c(-c2ccc3c4ccc(-c5c(O)c(O)c(O)c(O)c5O)cc4n(-c4ccc5oc6c(C7=NC(c8ccccc8)NC(c8ccccc8)=N7)cccc6c5c4)c3c2)c(O)c1O. The van der Waals surface area contributed by atoms with Crippen LogP contribution in [0, 0.1) is 0 Å². The van der Waals surface area contributed by atoms with E-state index in [4.69, 9.17) is 14.4 Å². The van der Waals surface area contributed by atoms with E-state index in [1.807, 2.05) is 84.9 Å². The summed E-state index contributed by atoms with van der Waals surface area (Å²) in [6, 6.07) is 40.3. The molecule has 0 spiro atoms. The number of furan rings is 1. The number of fused-ring (bicyclic) bond motifs is 6. The largest absolute Gasteiger partial charge is 0.504 e. The minimum atomic E-state index is -1.11. The molecule has 2 aromatic heterocycles. The predicted octanol–water partition coefficient (Wildman–Crippen LogP) is 9.57. The molecule has 15 heteroatoms. The monoisotopic (exact) mass is 878 g/mol. The van der Waals surface area contributed by atoms with Gasteiger partial charge in [-0.3, -0.25) is 0 Å². The number of nitrogens with zero attached hydrogens (tertiary/aromatic N) is 3. The Labute approximate surface area is 371 Å². The number of para-hydroxylation sites is 1. The lowest BCUT2D eigenvalue weighted by molar-refractivity contribution is 0.330. The van der Waals surface area contributed by atoms with E-state index in [2.05, 4.69) is 5.32 Å². The van der Waals surface area contributed by atoms with Crippen molar-refractivity contribution >= 4 is 55.4 Å². The molecule has 1 atom stereocenters. The Bertz CT molecular complexity index is 3560. The molecular formula is C51H34N4O11. The van der Waals surface area contributed by atoms with Gasteiger partial charge in [-0.25, -0.2) is 9.98 Å². The Balaban J connectivity index is 1.14. The van der Waals surface area contributed by atoms with Crippen LogP contribution in [0.2, 0.25) is 0 Å². The summed E-state index contributed by atoms with van der Waals surface area (Å²) in [5, 5.41) is 112. The second kappa shape index (κ2) is 14.5. The predicted molar refractivity (Wildman–Crippen MR) is 247 cm³/mol. The maximum Gasteiger partial charge on any atom is 0.208 e. The van der Waals surface area contributed by atoms with Crippen LogP contribution in [0.3, 0.4) is 0 Å². The summed E-state index contributed by atoms with van der Waals surface area (Å²) in [5.74, 6) is -8.87. The molecule has 8 aromatic carbocycles. The average molecular weight is 879 g/mol. The van der Waals surface area contributed by atoms with E-state index >= 15 is 0 Å². The van der Waals surface area contributed by atoms with Crippen LogP contribution in [-0.4, -0.2) is 67.3 Å². The molecule has 66 heavy (non-hydrogen) atoms. The molecule has 0 saturated heterocycles. The van der Waals surface area contributed by atoms with E-state index in [9.17, 15) is 51.1 Å². The highest BCUT2D eigenvalue weighted by atomic mass is 16.4. The van der Waals surface area contributed by atoms with Crippen LogP contribution in [0.1, 0.15) is 22.9 Å². The van der Waals surface area contributed by atoms with Gasteiger partial charge in [-0.15, -0.1) is 0 Å². The van der Waals surface area contributed by atoms with Crippen LogP contribution in [0.15, 0.2) is 148 Å². The van der Waals surface area contributed by atoms with Gasteiger partial charge in [-0.05, 0) is 53.1 Å². The van der Waals surface area contributed by atoms with E-state index in [0.717, 1.165) is 16.5 Å². The molecule has 10 aromatic rings. The number of rotatable bonds is 6. The summed E-state index contributed by atoms with van der Waals surface area (Å²) in [7, 11) is 0. The molecular weight excluding hydrogens is 845 g/mol. The van der Waals surface area contributed by atoms with Crippen molar-refractivity contribution in [3.63, 3.8) is 0 Å². The Kier molecular flexibility index (Phi) is 8.67. The van der Waals surface area contributed by atoms with E-state index < -0.39 is 63.7 Å². The molecule has 3 heterocycles. The first-order valence-corrected chi connectivity index (χ1v) is 20.4. The van der Waals surface area contributed by atoms with Crippen molar-refractivity contribution in [2.24, 2.45) is 9.98 Å². The molecule has 0 amide bonds. The van der Waals surface area contributed by atoms with Crippen LogP contribution in [0.5, 0.6) is 57.5 Å². The molecule has 1 aliphatic heterocycles. The Morgan fingerprint density at radius 3 is 1.55 bits per heavy atom. The number of hydrogen-bond acceptors (Lipinski definition) is 14. The van der Waals surface area contributed by atoms with Crippen molar-refractivity contribution in [1.29, 1.82) is 0 Å². The van der Waals surface area contributed by atoms with Gasteiger partial charge in [0.15, 0.2) is 28.8 Å². The summed E-state index contributed by atoms with van der Waals surface area (Å²) < 4.78 is 8.42. The average Bonchev–Trinajstić information content (AvgIpc) is 3.89. The molecule has 0 saturated carbocycles. The van der Waals surface area contributed by atoms with Crippen molar-refractivity contribution in [2.45, 2.75) is 6.17 Å². The van der Waals surface area contributed by atoms with Gasteiger partial charge in [-0.1, -0.05) is 97.1 Å². The summed E-state index contributed by atoms with van der Waals surface area (Å²) in [6.45, 7) is 0. The fourth-order valence-corrected chi connectivity index (χ4v) is 8.75. The van der Waals surface area contributed by atoms with Crippen LogP contribution in [0.4, 0.5) is 0 Å². The molecule has 1 aliphatic rings. The van der Waals surface area contributed by atoms with Crippen molar-refractivity contribution in [3.8, 4) is 85.4 Å². The highest BCUT2D eigenvalue weighted by Crippen LogP contribution is 2.57. The first-order chi connectivity index (χ1) is 31.9. The second-order valence-electron chi connectivity index (χ2n) is 15.7. The number of benzene rings is 8. The number of phenolic OH excluding ortho intramolecular Hbond substituents is 10. The number of aliphatic imine (C=N–C) groups is 2. The van der Waals surface area contributed by atoms with Gasteiger partial charge in [-0.2, -0.15) is 0 Å². The zero-order valence-corrected chi connectivity index (χ0v) is 34.0. The molecule has 0 aliphatic carbocycles. The molecule has 11 N–H and O–H groups in total. The summed E-state index contributed by atoms with van der Waals surface area (Å²) in [6.07, 6.45) is -0.457. The Morgan fingerprint density at radius 2 is 0.985 bits per heavy atom. The van der Waals surface area contributed by atoms with Crippen molar-refractivity contribution in [3.05, 3.63) is 150 Å². The third kappa shape index (κ3) is 5.84. The standard InChI is InChI=1S/C51H34N4O11/c56-38-36(39(57)43(61)46(64)42(38)60)25-14-17-28-29-18-15-26(37-40(58)44(62)47(65)45(63)41(37)59)21-34(29)55(33(28)20-25)27-16-19-35-32(22-27)30-12-7-13-31(48(30)66-35)51-53-49(23-8-3-1-4-9-23)52-50(54-51)24-10-5-2-6-11-24/h1-22,49,56-65H,(H,52,53,54).